The average molecular weight is 289 g/mol. The Morgan fingerprint density at radius 2 is 2.15 bits per heavy atom. The fraction of sp³-hybridized carbons (Fsp3) is 0.462. The number of hydrogen-bond donors (Lipinski definition) is 2. The third-order valence-corrected chi connectivity index (χ3v) is 3.20. The monoisotopic (exact) mass is 289 g/mol. The van der Waals surface area contributed by atoms with E-state index in [9.17, 15) is 18.0 Å². The van der Waals surface area contributed by atoms with Crippen LogP contribution in [0.15, 0.2) is 18.2 Å². The number of ether oxygens (including phenoxy) is 1. The largest absolute Gasteiger partial charge is 0.488 e. The van der Waals surface area contributed by atoms with Crippen LogP contribution in [0.2, 0.25) is 0 Å². The summed E-state index contributed by atoms with van der Waals surface area (Å²) in [5.74, 6) is -1.29. The normalized spacial score (nSPS) is 22.8. The molecule has 2 N–H and O–H groups in total. The number of rotatable bonds is 3. The second-order valence-corrected chi connectivity index (χ2v) is 4.72. The molecule has 2 atom stereocenters. The van der Waals surface area contributed by atoms with E-state index in [1.165, 1.54) is 25.1 Å². The summed E-state index contributed by atoms with van der Waals surface area (Å²) in [7, 11) is 0. The van der Waals surface area contributed by atoms with Crippen molar-refractivity contribution in [1.82, 2.24) is 5.32 Å². The van der Waals surface area contributed by atoms with Gasteiger partial charge in [-0.3, -0.25) is 4.79 Å². The molecule has 2 unspecified atom stereocenters. The first-order chi connectivity index (χ1) is 9.29. The first-order valence-corrected chi connectivity index (χ1v) is 6.08. The Morgan fingerprint density at radius 1 is 1.45 bits per heavy atom. The fourth-order valence-electron chi connectivity index (χ4n) is 2.26. The van der Waals surface area contributed by atoms with Crippen molar-refractivity contribution in [2.24, 2.45) is 0 Å². The quantitative estimate of drug-likeness (QED) is 0.895. The number of carbonyl (C=O) groups is 1. The Morgan fingerprint density at radius 3 is 2.70 bits per heavy atom. The summed E-state index contributed by atoms with van der Waals surface area (Å²) in [6.07, 6.45) is -4.95. The van der Waals surface area contributed by atoms with Crippen LogP contribution in [0.1, 0.15) is 17.5 Å². The molecule has 1 saturated heterocycles. The number of nitrogens with one attached hydrogen (secondary N) is 1. The molecule has 0 spiro atoms. The van der Waals surface area contributed by atoms with Gasteiger partial charge in [0.25, 0.3) is 0 Å². The molecule has 0 bridgehead atoms. The number of hydrogen-bond acceptors (Lipinski definition) is 3. The summed E-state index contributed by atoms with van der Waals surface area (Å²) in [6.45, 7) is 1.57. The molecule has 0 aromatic heterocycles. The number of aliphatic carboxylic acids is 1. The van der Waals surface area contributed by atoms with Crippen molar-refractivity contribution in [2.45, 2.75) is 31.7 Å². The summed E-state index contributed by atoms with van der Waals surface area (Å²) in [6, 6.07) is 3.32. The lowest BCUT2D eigenvalue weighted by molar-refractivity contribution is -0.141. The van der Waals surface area contributed by atoms with Crippen LogP contribution >= 0.6 is 0 Å². The second-order valence-electron chi connectivity index (χ2n) is 4.72. The maximum Gasteiger partial charge on any atom is 0.420 e. The van der Waals surface area contributed by atoms with Gasteiger partial charge in [0.2, 0.25) is 0 Å². The van der Waals surface area contributed by atoms with Gasteiger partial charge in [-0.2, -0.15) is 13.2 Å². The van der Waals surface area contributed by atoms with E-state index in [-0.39, 0.29) is 24.3 Å². The molecule has 1 aromatic rings. The average Bonchev–Trinajstić information content (AvgIpc) is 2.75. The maximum atomic E-state index is 13.0. The minimum atomic E-state index is -4.50. The summed E-state index contributed by atoms with van der Waals surface area (Å²) in [5, 5.41) is 11.5. The summed E-state index contributed by atoms with van der Waals surface area (Å²) in [5.41, 5.74) is -0.727. The SMILES string of the molecule is Cc1cccc(OC2CNC(C(=O)O)C2)c1C(F)(F)F. The number of halogens is 3. The van der Waals surface area contributed by atoms with Crippen molar-refractivity contribution in [3.05, 3.63) is 29.3 Å². The van der Waals surface area contributed by atoms with Gasteiger partial charge >= 0.3 is 12.1 Å². The molecule has 2 rings (SSSR count). The molecular weight excluding hydrogens is 275 g/mol. The first kappa shape index (κ1) is 14.6. The van der Waals surface area contributed by atoms with Gasteiger partial charge in [0, 0.05) is 13.0 Å². The van der Waals surface area contributed by atoms with Gasteiger partial charge in [-0.25, -0.2) is 0 Å². The highest BCUT2D eigenvalue weighted by molar-refractivity contribution is 5.73. The predicted molar refractivity (Wildman–Crippen MR) is 64.6 cm³/mol. The number of carboxylic acid groups (broad SMARTS) is 1. The molecule has 1 aliphatic rings. The highest BCUT2D eigenvalue weighted by atomic mass is 19.4. The Hall–Kier alpha value is -1.76. The predicted octanol–water partition coefficient (Wildman–Crippen LogP) is 2.21. The van der Waals surface area contributed by atoms with Gasteiger partial charge in [0.05, 0.1) is 0 Å². The van der Waals surface area contributed by atoms with Crippen molar-refractivity contribution >= 4 is 5.97 Å². The highest BCUT2D eigenvalue weighted by Crippen LogP contribution is 2.39. The Labute approximate surface area is 113 Å². The molecule has 1 heterocycles. The lowest BCUT2D eigenvalue weighted by Gasteiger charge is -2.19. The number of alkyl halides is 3. The summed E-state index contributed by atoms with van der Waals surface area (Å²) >= 11 is 0. The zero-order chi connectivity index (χ0) is 14.9. The van der Waals surface area contributed by atoms with E-state index in [1.54, 1.807) is 0 Å². The van der Waals surface area contributed by atoms with E-state index in [0.717, 1.165) is 0 Å². The maximum absolute atomic E-state index is 13.0. The van der Waals surface area contributed by atoms with Gasteiger partial charge in [0.15, 0.2) is 0 Å². The third kappa shape index (κ3) is 3.04. The van der Waals surface area contributed by atoms with Gasteiger partial charge in [-0.1, -0.05) is 12.1 Å². The molecule has 20 heavy (non-hydrogen) atoms. The van der Waals surface area contributed by atoms with Gasteiger partial charge in [-0.15, -0.1) is 0 Å². The molecule has 1 aliphatic heterocycles. The highest BCUT2D eigenvalue weighted by Gasteiger charge is 2.38. The van der Waals surface area contributed by atoms with Gasteiger partial charge in [0.1, 0.15) is 23.5 Å². The second kappa shape index (κ2) is 5.32. The number of carboxylic acids is 1. The first-order valence-electron chi connectivity index (χ1n) is 6.08. The van der Waals surface area contributed by atoms with Crippen LogP contribution in [0, 0.1) is 6.92 Å². The van der Waals surface area contributed by atoms with Crippen LogP contribution in [0.4, 0.5) is 13.2 Å². The van der Waals surface area contributed by atoms with Gasteiger partial charge < -0.3 is 15.2 Å². The molecule has 1 fully saturated rings. The van der Waals surface area contributed by atoms with Crippen LogP contribution in [0.5, 0.6) is 5.75 Å². The minimum Gasteiger partial charge on any atom is -0.488 e. The Bertz CT molecular complexity index is 516. The van der Waals surface area contributed by atoms with Crippen molar-refractivity contribution in [2.75, 3.05) is 6.54 Å². The molecule has 0 amide bonds. The molecule has 1 aromatic carbocycles. The molecule has 0 radical (unpaired) electrons. The van der Waals surface area contributed by atoms with Crippen molar-refractivity contribution in [1.29, 1.82) is 0 Å². The number of aryl methyl sites for hydroxylation is 1. The van der Waals surface area contributed by atoms with Crippen LogP contribution in [0.3, 0.4) is 0 Å². The zero-order valence-electron chi connectivity index (χ0n) is 10.7. The number of benzene rings is 1. The lowest BCUT2D eigenvalue weighted by Crippen LogP contribution is -2.30. The van der Waals surface area contributed by atoms with Gasteiger partial charge in [-0.05, 0) is 18.6 Å². The lowest BCUT2D eigenvalue weighted by atomic mass is 10.1. The van der Waals surface area contributed by atoms with E-state index >= 15 is 0 Å². The van der Waals surface area contributed by atoms with E-state index < -0.39 is 29.9 Å². The smallest absolute Gasteiger partial charge is 0.420 e. The van der Waals surface area contributed by atoms with E-state index in [2.05, 4.69) is 5.32 Å². The molecule has 110 valence electrons. The Balaban J connectivity index is 2.19. The molecule has 0 aliphatic carbocycles. The third-order valence-electron chi connectivity index (χ3n) is 3.20. The van der Waals surface area contributed by atoms with Crippen LogP contribution < -0.4 is 10.1 Å². The fourth-order valence-corrected chi connectivity index (χ4v) is 2.26. The molecular formula is C13H14F3NO3. The van der Waals surface area contributed by atoms with E-state index in [0.29, 0.717) is 0 Å². The van der Waals surface area contributed by atoms with Crippen molar-refractivity contribution in [3.63, 3.8) is 0 Å². The standard InChI is InChI=1S/C13H14F3NO3/c1-7-3-2-4-10(11(7)13(14,15)16)20-8-5-9(12(18)19)17-6-8/h2-4,8-9,17H,5-6H2,1H3,(H,18,19). The molecule has 0 saturated carbocycles. The summed E-state index contributed by atoms with van der Waals surface area (Å²) < 4.78 is 44.3. The van der Waals surface area contributed by atoms with E-state index in [1.807, 2.05) is 0 Å². The zero-order valence-corrected chi connectivity index (χ0v) is 10.7. The summed E-state index contributed by atoms with van der Waals surface area (Å²) in [4.78, 5) is 10.8. The van der Waals surface area contributed by atoms with Crippen molar-refractivity contribution < 1.29 is 27.8 Å². The van der Waals surface area contributed by atoms with E-state index in [4.69, 9.17) is 9.84 Å². The van der Waals surface area contributed by atoms with Crippen molar-refractivity contribution in [3.8, 4) is 5.75 Å². The van der Waals surface area contributed by atoms with Crippen LogP contribution in [-0.4, -0.2) is 29.8 Å². The van der Waals surface area contributed by atoms with Crippen LogP contribution in [0.25, 0.3) is 0 Å². The minimum absolute atomic E-state index is 0.0794. The van der Waals surface area contributed by atoms with Crippen LogP contribution in [-0.2, 0) is 11.0 Å². The molecule has 7 heteroatoms. The topological polar surface area (TPSA) is 58.6 Å². The Kier molecular flexibility index (Phi) is 3.89. The molecule has 4 nitrogen and oxygen atoms in total.